The molecule has 1 fully saturated rings. The summed E-state index contributed by atoms with van der Waals surface area (Å²) in [6.45, 7) is 6.57. The van der Waals surface area contributed by atoms with Gasteiger partial charge in [0.25, 0.3) is 0 Å². The highest BCUT2D eigenvalue weighted by atomic mass is 16.4. The number of aliphatic carboxylic acids is 1. The van der Waals surface area contributed by atoms with Gasteiger partial charge in [-0.05, 0) is 39.0 Å². The van der Waals surface area contributed by atoms with E-state index in [-0.39, 0.29) is 18.0 Å². The van der Waals surface area contributed by atoms with E-state index in [1.54, 1.807) is 4.90 Å². The van der Waals surface area contributed by atoms with Crippen LogP contribution >= 0.6 is 0 Å². The second kappa shape index (κ2) is 8.12. The molecule has 0 bridgehead atoms. The van der Waals surface area contributed by atoms with Gasteiger partial charge in [0.2, 0.25) is 0 Å². The van der Waals surface area contributed by atoms with Crippen molar-refractivity contribution < 1.29 is 14.7 Å². The zero-order valence-corrected chi connectivity index (χ0v) is 12.9. The number of amides is 2. The van der Waals surface area contributed by atoms with E-state index in [1.807, 2.05) is 20.8 Å². The predicted molar refractivity (Wildman–Crippen MR) is 78.7 cm³/mol. The molecule has 0 spiro atoms. The number of urea groups is 1. The van der Waals surface area contributed by atoms with E-state index in [9.17, 15) is 14.7 Å². The van der Waals surface area contributed by atoms with Crippen molar-refractivity contribution in [2.75, 3.05) is 6.54 Å². The minimum Gasteiger partial charge on any atom is -0.480 e. The molecule has 2 amide bonds. The van der Waals surface area contributed by atoms with Crippen LogP contribution < -0.4 is 5.32 Å². The van der Waals surface area contributed by atoms with E-state index >= 15 is 0 Å². The molecule has 0 aromatic carbocycles. The van der Waals surface area contributed by atoms with Crippen molar-refractivity contribution in [1.82, 2.24) is 10.2 Å². The maximum Gasteiger partial charge on any atom is 0.326 e. The summed E-state index contributed by atoms with van der Waals surface area (Å²) in [5, 5.41) is 12.1. The van der Waals surface area contributed by atoms with Gasteiger partial charge < -0.3 is 15.3 Å². The van der Waals surface area contributed by atoms with Crippen LogP contribution in [0.3, 0.4) is 0 Å². The van der Waals surface area contributed by atoms with Gasteiger partial charge in [-0.25, -0.2) is 9.59 Å². The van der Waals surface area contributed by atoms with Crippen molar-refractivity contribution in [3.05, 3.63) is 0 Å². The molecule has 1 aliphatic rings. The summed E-state index contributed by atoms with van der Waals surface area (Å²) < 4.78 is 0. The van der Waals surface area contributed by atoms with Gasteiger partial charge >= 0.3 is 12.0 Å². The summed E-state index contributed by atoms with van der Waals surface area (Å²) >= 11 is 0. The van der Waals surface area contributed by atoms with Gasteiger partial charge in [0.05, 0.1) is 0 Å². The zero-order chi connectivity index (χ0) is 15.1. The highest BCUT2D eigenvalue weighted by Crippen LogP contribution is 2.26. The third-order valence-electron chi connectivity index (χ3n) is 4.01. The van der Waals surface area contributed by atoms with Gasteiger partial charge in [0.1, 0.15) is 6.04 Å². The van der Waals surface area contributed by atoms with Gasteiger partial charge in [-0.15, -0.1) is 0 Å². The molecule has 20 heavy (non-hydrogen) atoms. The van der Waals surface area contributed by atoms with Gasteiger partial charge in [-0.2, -0.15) is 0 Å². The number of carboxylic acids is 1. The van der Waals surface area contributed by atoms with Gasteiger partial charge in [-0.1, -0.05) is 26.2 Å². The maximum absolute atomic E-state index is 12.3. The van der Waals surface area contributed by atoms with Crippen LogP contribution in [0.15, 0.2) is 0 Å². The third-order valence-corrected chi connectivity index (χ3v) is 4.01. The van der Waals surface area contributed by atoms with Crippen LogP contribution in [0.4, 0.5) is 4.79 Å². The molecule has 0 aromatic heterocycles. The lowest BCUT2D eigenvalue weighted by molar-refractivity contribution is -0.141. The van der Waals surface area contributed by atoms with E-state index in [0.29, 0.717) is 6.54 Å². The molecule has 2 N–H and O–H groups in total. The van der Waals surface area contributed by atoms with Crippen molar-refractivity contribution in [3.63, 3.8) is 0 Å². The first kappa shape index (κ1) is 16.8. The minimum atomic E-state index is -0.912. The average Bonchev–Trinajstić information content (AvgIpc) is 2.42. The maximum atomic E-state index is 12.3. The molecule has 116 valence electrons. The van der Waals surface area contributed by atoms with E-state index in [2.05, 4.69) is 5.32 Å². The van der Waals surface area contributed by atoms with Crippen LogP contribution in [0.1, 0.15) is 59.3 Å². The number of carboxylic acid groups (broad SMARTS) is 1. The molecule has 1 saturated carbocycles. The monoisotopic (exact) mass is 284 g/mol. The van der Waals surface area contributed by atoms with Crippen LogP contribution in [0.25, 0.3) is 0 Å². The molecule has 0 heterocycles. The topological polar surface area (TPSA) is 69.6 Å². The lowest BCUT2D eigenvalue weighted by Gasteiger charge is -2.32. The second-order valence-electron chi connectivity index (χ2n) is 5.95. The summed E-state index contributed by atoms with van der Waals surface area (Å²) in [6, 6.07) is -0.920. The number of rotatable bonds is 6. The Hall–Kier alpha value is -1.26. The zero-order valence-electron chi connectivity index (χ0n) is 12.9. The van der Waals surface area contributed by atoms with Crippen molar-refractivity contribution in [1.29, 1.82) is 0 Å². The lowest BCUT2D eigenvalue weighted by Crippen LogP contribution is -2.53. The Morgan fingerprint density at radius 1 is 1.25 bits per heavy atom. The predicted octanol–water partition coefficient (Wildman–Crippen LogP) is 2.85. The smallest absolute Gasteiger partial charge is 0.326 e. The molecular formula is C15H28N2O3. The summed E-state index contributed by atoms with van der Waals surface area (Å²) in [5.41, 5.74) is 0. The average molecular weight is 284 g/mol. The van der Waals surface area contributed by atoms with Crippen LogP contribution in [0.2, 0.25) is 0 Å². The van der Waals surface area contributed by atoms with Crippen LogP contribution in [0.5, 0.6) is 0 Å². The van der Waals surface area contributed by atoms with E-state index in [1.165, 1.54) is 6.42 Å². The number of hydrogen-bond acceptors (Lipinski definition) is 2. The molecule has 0 saturated heterocycles. The first-order valence-corrected chi connectivity index (χ1v) is 7.77. The molecule has 0 aromatic rings. The number of carbonyl (C=O) groups is 2. The Kier molecular flexibility index (Phi) is 6.82. The largest absolute Gasteiger partial charge is 0.480 e. The molecule has 0 aliphatic heterocycles. The fourth-order valence-electron chi connectivity index (χ4n) is 2.90. The van der Waals surface area contributed by atoms with Gasteiger partial charge in [-0.3, -0.25) is 0 Å². The summed E-state index contributed by atoms with van der Waals surface area (Å²) in [4.78, 5) is 25.4. The number of carbonyl (C=O) groups excluding carboxylic acids is 1. The normalized spacial score (nSPS) is 17.8. The first-order chi connectivity index (χ1) is 9.47. The molecule has 1 aliphatic carbocycles. The Bertz CT molecular complexity index is 325. The summed E-state index contributed by atoms with van der Waals surface area (Å²) in [6.07, 6.45) is 5.96. The minimum absolute atomic E-state index is 0.0702. The van der Waals surface area contributed by atoms with Crippen LogP contribution in [-0.2, 0) is 4.79 Å². The fourth-order valence-corrected chi connectivity index (χ4v) is 2.90. The van der Waals surface area contributed by atoms with Crippen molar-refractivity contribution in [2.24, 2.45) is 5.92 Å². The van der Waals surface area contributed by atoms with Crippen LogP contribution in [0, 0.1) is 5.92 Å². The van der Waals surface area contributed by atoms with E-state index < -0.39 is 12.0 Å². The van der Waals surface area contributed by atoms with Crippen molar-refractivity contribution in [2.45, 2.75) is 71.4 Å². The molecule has 0 radical (unpaired) electrons. The Morgan fingerprint density at radius 2 is 1.85 bits per heavy atom. The number of hydrogen-bond donors (Lipinski definition) is 2. The highest BCUT2D eigenvalue weighted by molar-refractivity contribution is 5.83. The second-order valence-corrected chi connectivity index (χ2v) is 5.95. The fraction of sp³-hybridized carbons (Fsp3) is 0.867. The third kappa shape index (κ3) is 4.69. The standard InChI is InChI=1S/C15H28N2O3/c1-4-10-17(11(2)3)15(20)16-13(14(18)19)12-8-6-5-7-9-12/h11-13H,4-10H2,1-3H3,(H,16,20)(H,18,19). The summed E-state index contributed by atoms with van der Waals surface area (Å²) in [5.74, 6) is -0.841. The Labute approximate surface area is 121 Å². The first-order valence-electron chi connectivity index (χ1n) is 7.77. The molecule has 5 heteroatoms. The highest BCUT2D eigenvalue weighted by Gasteiger charge is 2.32. The molecule has 1 atom stereocenters. The summed E-state index contributed by atoms with van der Waals surface area (Å²) in [7, 11) is 0. The van der Waals surface area contributed by atoms with Gasteiger partial charge in [0, 0.05) is 12.6 Å². The van der Waals surface area contributed by atoms with Gasteiger partial charge in [0.15, 0.2) is 0 Å². The molecule has 1 rings (SSSR count). The van der Waals surface area contributed by atoms with Crippen LogP contribution in [-0.4, -0.2) is 40.6 Å². The van der Waals surface area contributed by atoms with Crippen molar-refractivity contribution in [3.8, 4) is 0 Å². The SMILES string of the molecule is CCCN(C(=O)NC(C(=O)O)C1CCCCC1)C(C)C. The molecular weight excluding hydrogens is 256 g/mol. The lowest BCUT2D eigenvalue weighted by atomic mass is 9.84. The molecule has 1 unspecified atom stereocenters. The molecule has 5 nitrogen and oxygen atoms in total. The number of nitrogens with zero attached hydrogens (tertiary/aromatic N) is 1. The Balaban J connectivity index is 2.68. The van der Waals surface area contributed by atoms with E-state index in [4.69, 9.17) is 0 Å². The Morgan fingerprint density at radius 3 is 2.30 bits per heavy atom. The quantitative estimate of drug-likeness (QED) is 0.788. The van der Waals surface area contributed by atoms with Crippen molar-refractivity contribution >= 4 is 12.0 Å². The number of nitrogens with one attached hydrogen (secondary N) is 1. The van der Waals surface area contributed by atoms with E-state index in [0.717, 1.165) is 32.1 Å².